The average molecular weight is 377 g/mol. The van der Waals surface area contributed by atoms with Crippen molar-refractivity contribution in [2.45, 2.75) is 39.5 Å². The van der Waals surface area contributed by atoms with Crippen molar-refractivity contribution in [1.82, 2.24) is 8.75 Å². The smallest absolute Gasteiger partial charge is 0.356 e. The molecule has 2 aromatic rings. The molecular weight excluding hydrogens is 354 g/mol. The van der Waals surface area contributed by atoms with E-state index in [4.69, 9.17) is 9.57 Å². The van der Waals surface area contributed by atoms with Crippen LogP contribution >= 0.6 is 11.7 Å². The molecule has 0 saturated carbocycles. The first-order chi connectivity index (χ1) is 12.6. The van der Waals surface area contributed by atoms with Gasteiger partial charge in [-0.05, 0) is 37.5 Å². The summed E-state index contributed by atoms with van der Waals surface area (Å²) in [5.74, 6) is -1.39. The summed E-state index contributed by atoms with van der Waals surface area (Å²) in [6, 6.07) is 5.63. The van der Waals surface area contributed by atoms with E-state index in [9.17, 15) is 9.59 Å². The summed E-state index contributed by atoms with van der Waals surface area (Å²) in [6.07, 6.45) is 2.36. The Morgan fingerprint density at radius 1 is 1.23 bits per heavy atom. The van der Waals surface area contributed by atoms with Crippen LogP contribution in [-0.2, 0) is 25.6 Å². The second kappa shape index (κ2) is 9.96. The number of nitrogens with zero attached hydrogens (tertiary/aromatic N) is 3. The number of ether oxygens (including phenoxy) is 1. The summed E-state index contributed by atoms with van der Waals surface area (Å²) in [5.41, 5.74) is 2.47. The highest BCUT2D eigenvalue weighted by Gasteiger charge is 2.31. The van der Waals surface area contributed by atoms with Gasteiger partial charge >= 0.3 is 5.97 Å². The van der Waals surface area contributed by atoms with Gasteiger partial charge in [0.2, 0.25) is 0 Å². The number of carbonyl (C=O) groups is 2. The van der Waals surface area contributed by atoms with Gasteiger partial charge in [-0.1, -0.05) is 24.6 Å². The van der Waals surface area contributed by atoms with Gasteiger partial charge in [-0.3, -0.25) is 4.79 Å². The second-order valence-electron chi connectivity index (χ2n) is 5.79. The monoisotopic (exact) mass is 377 g/mol. The van der Waals surface area contributed by atoms with Gasteiger partial charge in [-0.2, -0.15) is 8.75 Å². The Hall–Kier alpha value is -2.35. The van der Waals surface area contributed by atoms with Crippen LogP contribution in [0.25, 0.3) is 11.0 Å². The van der Waals surface area contributed by atoms with E-state index >= 15 is 0 Å². The fourth-order valence-corrected chi connectivity index (χ4v) is 3.14. The Morgan fingerprint density at radius 3 is 2.69 bits per heavy atom. The average Bonchev–Trinajstić information content (AvgIpc) is 3.10. The lowest BCUT2D eigenvalue weighted by atomic mass is 9.88. The van der Waals surface area contributed by atoms with Crippen LogP contribution in [0.2, 0.25) is 0 Å². The van der Waals surface area contributed by atoms with Gasteiger partial charge in [0.05, 0.1) is 24.3 Å². The first kappa shape index (κ1) is 20.0. The van der Waals surface area contributed by atoms with Crippen LogP contribution in [0.4, 0.5) is 0 Å². The van der Waals surface area contributed by atoms with Gasteiger partial charge in [-0.25, -0.2) is 4.79 Å². The van der Waals surface area contributed by atoms with Crippen LogP contribution in [-0.4, -0.2) is 39.9 Å². The quantitative estimate of drug-likeness (QED) is 0.359. The Kier molecular flexibility index (Phi) is 7.65. The maximum absolute atomic E-state index is 12.8. The molecule has 7 nitrogen and oxygen atoms in total. The number of unbranched alkanes of at least 4 members (excludes halogenated alkanes) is 1. The van der Waals surface area contributed by atoms with Gasteiger partial charge in [0.25, 0.3) is 0 Å². The van der Waals surface area contributed by atoms with E-state index in [-0.39, 0.29) is 18.1 Å². The normalized spacial score (nSPS) is 12.8. The molecule has 0 radical (unpaired) electrons. The van der Waals surface area contributed by atoms with E-state index in [0.717, 1.165) is 41.2 Å². The van der Waals surface area contributed by atoms with Gasteiger partial charge in [-0.15, -0.1) is 0 Å². The molecule has 2 rings (SSSR count). The van der Waals surface area contributed by atoms with Gasteiger partial charge in [0.1, 0.15) is 23.9 Å². The van der Waals surface area contributed by atoms with E-state index in [2.05, 4.69) is 13.9 Å². The third kappa shape index (κ3) is 5.08. The van der Waals surface area contributed by atoms with E-state index in [1.54, 1.807) is 6.92 Å². The largest absolute Gasteiger partial charge is 0.461 e. The number of rotatable bonds is 10. The van der Waals surface area contributed by atoms with Crippen LogP contribution in [0.15, 0.2) is 23.4 Å². The molecular formula is C18H23N3O4S. The number of hydrogen-bond acceptors (Lipinski definition) is 8. The molecule has 0 spiro atoms. The minimum absolute atomic E-state index is 0.00644. The summed E-state index contributed by atoms with van der Waals surface area (Å²) < 4.78 is 13.5. The molecule has 0 bridgehead atoms. The SMILES string of the molecule is CCCCC(=O)C(Cc1ccc2nsnc2c1)C(=NOC)C(=O)OCC. The molecule has 0 aliphatic rings. The Bertz CT molecular complexity index is 788. The van der Waals surface area contributed by atoms with Crippen LogP contribution in [0.1, 0.15) is 38.7 Å². The molecule has 0 N–H and O–H groups in total. The van der Waals surface area contributed by atoms with Crippen molar-refractivity contribution in [1.29, 1.82) is 0 Å². The lowest BCUT2D eigenvalue weighted by Crippen LogP contribution is -2.33. The summed E-state index contributed by atoms with van der Waals surface area (Å²) in [6.45, 7) is 3.92. The molecule has 1 unspecified atom stereocenters. The molecule has 0 amide bonds. The first-order valence-electron chi connectivity index (χ1n) is 8.62. The molecule has 1 aromatic carbocycles. The van der Waals surface area contributed by atoms with E-state index in [1.165, 1.54) is 7.11 Å². The van der Waals surface area contributed by atoms with Crippen LogP contribution in [0, 0.1) is 5.92 Å². The fourth-order valence-electron chi connectivity index (χ4n) is 2.63. The maximum Gasteiger partial charge on any atom is 0.356 e. The topological polar surface area (TPSA) is 90.7 Å². The van der Waals surface area contributed by atoms with Gasteiger partial charge in [0.15, 0.2) is 5.71 Å². The lowest BCUT2D eigenvalue weighted by Gasteiger charge is -2.17. The molecule has 1 aromatic heterocycles. The Labute approximate surface area is 156 Å². The van der Waals surface area contributed by atoms with Crippen molar-refractivity contribution in [3.63, 3.8) is 0 Å². The lowest BCUT2D eigenvalue weighted by molar-refractivity contribution is -0.136. The fraction of sp³-hybridized carbons (Fsp3) is 0.500. The summed E-state index contributed by atoms with van der Waals surface area (Å²) in [5, 5.41) is 3.82. The van der Waals surface area contributed by atoms with Crippen molar-refractivity contribution in [2.75, 3.05) is 13.7 Å². The number of Topliss-reactive ketones (excluding diaryl/α,β-unsaturated/α-hetero) is 1. The third-order valence-corrected chi connectivity index (χ3v) is 4.48. The van der Waals surface area contributed by atoms with Crippen molar-refractivity contribution < 1.29 is 19.2 Å². The summed E-state index contributed by atoms with van der Waals surface area (Å²) >= 11 is 1.14. The first-order valence-corrected chi connectivity index (χ1v) is 9.35. The molecule has 140 valence electrons. The minimum atomic E-state index is -0.718. The van der Waals surface area contributed by atoms with Crippen molar-refractivity contribution >= 4 is 40.2 Å². The highest BCUT2D eigenvalue weighted by atomic mass is 32.1. The highest BCUT2D eigenvalue weighted by Crippen LogP contribution is 2.20. The van der Waals surface area contributed by atoms with E-state index < -0.39 is 11.9 Å². The number of esters is 1. The number of hydrogen-bond donors (Lipinski definition) is 0. The van der Waals surface area contributed by atoms with Gasteiger partial charge < -0.3 is 9.57 Å². The third-order valence-electron chi connectivity index (χ3n) is 3.93. The predicted molar refractivity (Wildman–Crippen MR) is 100 cm³/mol. The van der Waals surface area contributed by atoms with Crippen LogP contribution in [0.5, 0.6) is 0 Å². The molecule has 0 fully saturated rings. The molecule has 8 heteroatoms. The van der Waals surface area contributed by atoms with E-state index in [1.807, 2.05) is 25.1 Å². The zero-order valence-electron chi connectivity index (χ0n) is 15.2. The van der Waals surface area contributed by atoms with Crippen molar-refractivity contribution in [3.8, 4) is 0 Å². The number of fused-ring (bicyclic) bond motifs is 1. The zero-order chi connectivity index (χ0) is 18.9. The number of oxime groups is 1. The Balaban J connectivity index is 2.33. The zero-order valence-corrected chi connectivity index (χ0v) is 16.0. The number of benzene rings is 1. The second-order valence-corrected chi connectivity index (χ2v) is 6.32. The number of aromatic nitrogens is 2. The van der Waals surface area contributed by atoms with Crippen molar-refractivity contribution in [2.24, 2.45) is 11.1 Å². The predicted octanol–water partition coefficient (Wildman–Crippen LogP) is 3.17. The van der Waals surface area contributed by atoms with Crippen molar-refractivity contribution in [3.05, 3.63) is 23.8 Å². The minimum Gasteiger partial charge on any atom is -0.461 e. The van der Waals surface area contributed by atoms with E-state index in [0.29, 0.717) is 12.8 Å². The highest BCUT2D eigenvalue weighted by molar-refractivity contribution is 7.00. The molecule has 0 aliphatic carbocycles. The summed E-state index contributed by atoms with van der Waals surface area (Å²) in [7, 11) is 1.35. The number of carbonyl (C=O) groups excluding carboxylic acids is 2. The standard InChI is InChI=1S/C18H23N3O4S/c1-4-6-7-16(22)13(17(19-24-3)18(23)25-5-2)10-12-8-9-14-15(11-12)21-26-20-14/h8-9,11,13H,4-7,10H2,1-3H3. The molecule has 0 aliphatic heterocycles. The van der Waals surface area contributed by atoms with Crippen LogP contribution in [0.3, 0.4) is 0 Å². The van der Waals surface area contributed by atoms with Gasteiger partial charge in [0, 0.05) is 6.42 Å². The number of ketones is 1. The molecule has 1 atom stereocenters. The maximum atomic E-state index is 12.8. The molecule has 26 heavy (non-hydrogen) atoms. The Morgan fingerprint density at radius 2 is 2.00 bits per heavy atom. The van der Waals surface area contributed by atoms with Crippen LogP contribution < -0.4 is 0 Å². The molecule has 1 heterocycles. The molecule has 0 saturated heterocycles. The summed E-state index contributed by atoms with van der Waals surface area (Å²) in [4.78, 5) is 29.9.